The lowest BCUT2D eigenvalue weighted by molar-refractivity contribution is -0.124. The van der Waals surface area contributed by atoms with E-state index >= 15 is 0 Å². The molecule has 0 saturated carbocycles. The summed E-state index contributed by atoms with van der Waals surface area (Å²) in [5.41, 5.74) is 3.11. The van der Waals surface area contributed by atoms with Crippen molar-refractivity contribution < 1.29 is 17.5 Å². The van der Waals surface area contributed by atoms with E-state index in [1.165, 1.54) is 15.6 Å². The molecule has 0 spiro atoms. The zero-order chi connectivity index (χ0) is 25.7. The second-order valence-electron chi connectivity index (χ2n) is 10.4. The summed E-state index contributed by atoms with van der Waals surface area (Å²) >= 11 is 1.56. The van der Waals surface area contributed by atoms with Crippen molar-refractivity contribution in [2.45, 2.75) is 39.0 Å². The SMILES string of the molecule is Cc1cc(CCN2CCN(c3nsc4ccccc34)CC2)cc2c1N(OS(C)(=O)=O)C(=O)CC2(C)C. The Morgan fingerprint density at radius 1 is 1.11 bits per heavy atom. The number of nitrogens with zero attached hydrogens (tertiary/aromatic N) is 4. The van der Waals surface area contributed by atoms with Gasteiger partial charge in [-0.15, -0.1) is 4.28 Å². The molecule has 192 valence electrons. The molecule has 1 aromatic heterocycles. The van der Waals surface area contributed by atoms with Gasteiger partial charge >= 0.3 is 0 Å². The second-order valence-corrected chi connectivity index (χ2v) is 12.8. The molecule has 1 fully saturated rings. The van der Waals surface area contributed by atoms with E-state index in [0.717, 1.165) is 67.4 Å². The number of amides is 1. The van der Waals surface area contributed by atoms with Gasteiger partial charge in [-0.25, -0.2) is 0 Å². The summed E-state index contributed by atoms with van der Waals surface area (Å²) in [6.07, 6.45) is 2.02. The molecule has 10 heteroatoms. The van der Waals surface area contributed by atoms with E-state index in [9.17, 15) is 13.2 Å². The average molecular weight is 529 g/mol. The number of anilines is 2. The molecule has 3 heterocycles. The number of carbonyl (C=O) groups is 1. The fourth-order valence-corrected chi connectivity index (χ4v) is 6.46. The van der Waals surface area contributed by atoms with Crippen molar-refractivity contribution in [3.63, 3.8) is 0 Å². The Bertz CT molecular complexity index is 1410. The van der Waals surface area contributed by atoms with Crippen LogP contribution in [0.4, 0.5) is 11.5 Å². The van der Waals surface area contributed by atoms with Crippen molar-refractivity contribution in [2.75, 3.05) is 48.9 Å². The topological polar surface area (TPSA) is 83.0 Å². The monoisotopic (exact) mass is 528 g/mol. The van der Waals surface area contributed by atoms with Crippen LogP contribution in [-0.4, -0.2) is 62.6 Å². The molecule has 1 saturated heterocycles. The second kappa shape index (κ2) is 9.41. The van der Waals surface area contributed by atoms with Crippen molar-refractivity contribution in [1.29, 1.82) is 0 Å². The molecule has 0 N–H and O–H groups in total. The van der Waals surface area contributed by atoms with Crippen molar-refractivity contribution in [3.05, 3.63) is 53.1 Å². The molecule has 0 aliphatic carbocycles. The number of aryl methyl sites for hydroxylation is 1. The molecule has 36 heavy (non-hydrogen) atoms. The van der Waals surface area contributed by atoms with Crippen LogP contribution >= 0.6 is 11.5 Å². The molecule has 5 rings (SSSR count). The van der Waals surface area contributed by atoms with E-state index in [1.807, 2.05) is 26.8 Å². The summed E-state index contributed by atoms with van der Waals surface area (Å²) in [6.45, 7) is 10.7. The van der Waals surface area contributed by atoms with Crippen molar-refractivity contribution in [3.8, 4) is 0 Å². The highest BCUT2D eigenvalue weighted by Gasteiger charge is 2.40. The molecule has 2 aliphatic rings. The van der Waals surface area contributed by atoms with Crippen LogP contribution in [0.15, 0.2) is 36.4 Å². The smallest absolute Gasteiger partial charge is 0.285 e. The van der Waals surface area contributed by atoms with Gasteiger partial charge in [-0.1, -0.05) is 38.1 Å². The van der Waals surface area contributed by atoms with Gasteiger partial charge in [0.15, 0.2) is 0 Å². The Labute approximate surface area is 216 Å². The largest absolute Gasteiger partial charge is 0.353 e. The fraction of sp³-hybridized carbons (Fsp3) is 0.462. The number of hydroxylamine groups is 1. The molecule has 2 aromatic carbocycles. The highest BCUT2D eigenvalue weighted by atomic mass is 32.2. The van der Waals surface area contributed by atoms with Crippen LogP contribution < -0.4 is 9.96 Å². The van der Waals surface area contributed by atoms with E-state index in [1.54, 1.807) is 11.5 Å². The zero-order valence-electron chi connectivity index (χ0n) is 21.2. The van der Waals surface area contributed by atoms with Gasteiger partial charge in [-0.05, 0) is 53.7 Å². The molecule has 3 aromatic rings. The molecule has 8 nitrogen and oxygen atoms in total. The van der Waals surface area contributed by atoms with Crippen LogP contribution in [0.3, 0.4) is 0 Å². The van der Waals surface area contributed by atoms with Gasteiger partial charge in [0.25, 0.3) is 16.0 Å². The van der Waals surface area contributed by atoms with Gasteiger partial charge in [0.1, 0.15) is 5.82 Å². The summed E-state index contributed by atoms with van der Waals surface area (Å²) in [5, 5.41) is 2.20. The van der Waals surface area contributed by atoms with Crippen LogP contribution in [0.25, 0.3) is 10.1 Å². The Morgan fingerprint density at radius 2 is 1.83 bits per heavy atom. The molecule has 1 amide bonds. The van der Waals surface area contributed by atoms with Gasteiger partial charge < -0.3 is 4.90 Å². The first-order valence-corrected chi connectivity index (χ1v) is 14.8. The molecule has 2 aliphatic heterocycles. The maximum absolute atomic E-state index is 12.7. The third-order valence-corrected chi connectivity index (χ3v) is 8.31. The van der Waals surface area contributed by atoms with Gasteiger partial charge in [0, 0.05) is 49.9 Å². The summed E-state index contributed by atoms with van der Waals surface area (Å²) < 4.78 is 34.6. The molecule has 0 atom stereocenters. The standard InChI is InChI=1S/C26H32N4O4S2/c1-18-15-19(16-21-24(18)30(34-36(4,32)33)23(31)17-26(21,2)3)9-10-28-11-13-29(14-12-28)25-20-7-5-6-8-22(20)35-27-25/h5-8,15-16H,9-14,17H2,1-4H3. The third-order valence-electron chi connectivity index (χ3n) is 7.07. The molecule has 0 bridgehead atoms. The van der Waals surface area contributed by atoms with E-state index in [2.05, 4.69) is 40.1 Å². The molecular weight excluding hydrogens is 496 g/mol. The predicted octanol–water partition coefficient (Wildman–Crippen LogP) is 3.87. The van der Waals surface area contributed by atoms with Crippen LogP contribution in [0.5, 0.6) is 0 Å². The number of carbonyl (C=O) groups excluding carboxylic acids is 1. The number of benzene rings is 2. The first-order chi connectivity index (χ1) is 17.0. The molecular formula is C26H32N4O4S2. The maximum atomic E-state index is 12.7. The molecule has 0 unspecified atom stereocenters. The van der Waals surface area contributed by atoms with Crippen LogP contribution in [0.1, 0.15) is 37.0 Å². The highest BCUT2D eigenvalue weighted by molar-refractivity contribution is 7.86. The first-order valence-electron chi connectivity index (χ1n) is 12.2. The van der Waals surface area contributed by atoms with Gasteiger partial charge in [0.05, 0.1) is 16.6 Å². The van der Waals surface area contributed by atoms with Crippen LogP contribution in [0.2, 0.25) is 0 Å². The normalized spacial score (nSPS) is 18.6. The van der Waals surface area contributed by atoms with Crippen LogP contribution in [-0.2, 0) is 31.0 Å². The van der Waals surface area contributed by atoms with Crippen molar-refractivity contribution in [1.82, 2.24) is 9.27 Å². The number of aromatic nitrogens is 1. The lowest BCUT2D eigenvalue weighted by Gasteiger charge is -2.38. The number of rotatable bonds is 6. The fourth-order valence-electron chi connectivity index (χ4n) is 5.24. The Morgan fingerprint density at radius 3 is 2.56 bits per heavy atom. The predicted molar refractivity (Wildman–Crippen MR) is 144 cm³/mol. The number of hydrogen-bond donors (Lipinski definition) is 0. The summed E-state index contributed by atoms with van der Waals surface area (Å²) in [6, 6.07) is 12.6. The van der Waals surface area contributed by atoms with Gasteiger partial charge in [-0.3, -0.25) is 9.69 Å². The summed E-state index contributed by atoms with van der Waals surface area (Å²) in [4.78, 5) is 17.6. The minimum Gasteiger partial charge on any atom is -0.353 e. The third kappa shape index (κ3) is 5.00. The number of fused-ring (bicyclic) bond motifs is 2. The summed E-state index contributed by atoms with van der Waals surface area (Å²) in [5.74, 6) is 0.748. The molecule has 0 radical (unpaired) electrons. The number of piperazine rings is 1. The Kier molecular flexibility index (Phi) is 6.57. The average Bonchev–Trinajstić information content (AvgIpc) is 3.24. The summed E-state index contributed by atoms with van der Waals surface area (Å²) in [7, 11) is -3.83. The van der Waals surface area contributed by atoms with Crippen molar-refractivity contribution >= 4 is 49.1 Å². The maximum Gasteiger partial charge on any atom is 0.285 e. The van der Waals surface area contributed by atoms with Crippen LogP contribution in [0, 0.1) is 6.92 Å². The van der Waals surface area contributed by atoms with Gasteiger partial charge in [0.2, 0.25) is 0 Å². The van der Waals surface area contributed by atoms with E-state index < -0.39 is 15.5 Å². The lowest BCUT2D eigenvalue weighted by atomic mass is 9.76. The lowest BCUT2D eigenvalue weighted by Crippen LogP contribution is -2.47. The van der Waals surface area contributed by atoms with Gasteiger partial charge in [-0.2, -0.15) is 17.9 Å². The quantitative estimate of drug-likeness (QED) is 0.480. The first kappa shape index (κ1) is 25.1. The van der Waals surface area contributed by atoms with E-state index in [-0.39, 0.29) is 12.3 Å². The minimum atomic E-state index is -3.83. The number of hydrogen-bond acceptors (Lipinski definition) is 8. The Balaban J connectivity index is 1.28. The Hall–Kier alpha value is -2.53. The van der Waals surface area contributed by atoms with Crippen molar-refractivity contribution in [2.24, 2.45) is 0 Å². The zero-order valence-corrected chi connectivity index (χ0v) is 22.8. The van der Waals surface area contributed by atoms with E-state index in [4.69, 9.17) is 8.66 Å². The van der Waals surface area contributed by atoms with E-state index in [0.29, 0.717) is 5.69 Å². The minimum absolute atomic E-state index is 0.186. The highest BCUT2D eigenvalue weighted by Crippen LogP contribution is 2.43.